The van der Waals surface area contributed by atoms with Crippen LogP contribution in [0.1, 0.15) is 0 Å². The van der Waals surface area contributed by atoms with E-state index in [0.717, 1.165) is 17.0 Å². The summed E-state index contributed by atoms with van der Waals surface area (Å²) in [5.41, 5.74) is -0.598. The van der Waals surface area contributed by atoms with Crippen LogP contribution in [-0.4, -0.2) is 50.8 Å². The molecule has 3 rings (SSSR count). The molecule has 0 bridgehead atoms. The second-order valence-corrected chi connectivity index (χ2v) is 7.78. The SMILES string of the molecule is CN(C)c1cccc(=O)c(Nc2c(F)cc(N3CC(CNC(=S)C(F)F)OC3=O)cc2F)c1. The predicted octanol–water partition coefficient (Wildman–Crippen LogP) is 3.64. The van der Waals surface area contributed by atoms with Crippen LogP contribution in [0.25, 0.3) is 0 Å². The van der Waals surface area contributed by atoms with Crippen LogP contribution in [0.4, 0.5) is 45.1 Å². The van der Waals surface area contributed by atoms with Gasteiger partial charge in [0.05, 0.1) is 24.5 Å². The number of hydrogen-bond acceptors (Lipinski definition) is 6. The molecule has 2 N–H and O–H groups in total. The number of thiocarbonyl (C=S) groups is 1. The van der Waals surface area contributed by atoms with E-state index in [1.54, 1.807) is 25.1 Å². The zero-order valence-electron chi connectivity index (χ0n) is 17.6. The summed E-state index contributed by atoms with van der Waals surface area (Å²) in [5.74, 6) is -2.09. The zero-order valence-corrected chi connectivity index (χ0v) is 18.4. The standard InChI is InChI=1S/C21H20F4N4O3S/c1-28(2)11-4-3-5-17(30)16(8-11)27-18-14(22)6-12(7-15(18)23)29-10-13(32-21(29)31)9-26-20(33)19(24)25/h3-8,13,19H,9-10H2,1-2H3,(H,26,33)(H,27,30). The Labute approximate surface area is 191 Å². The van der Waals surface area contributed by atoms with E-state index in [2.05, 4.69) is 22.9 Å². The lowest BCUT2D eigenvalue weighted by atomic mass is 10.2. The number of anilines is 4. The van der Waals surface area contributed by atoms with Crippen molar-refractivity contribution in [1.82, 2.24) is 5.32 Å². The highest BCUT2D eigenvalue weighted by atomic mass is 32.1. The number of nitrogens with zero attached hydrogens (tertiary/aromatic N) is 2. The topological polar surface area (TPSA) is 73.9 Å². The molecule has 1 fully saturated rings. The van der Waals surface area contributed by atoms with Gasteiger partial charge in [-0.15, -0.1) is 0 Å². The number of alkyl halides is 2. The van der Waals surface area contributed by atoms with Crippen LogP contribution in [0.3, 0.4) is 0 Å². The largest absolute Gasteiger partial charge is 0.442 e. The number of benzene rings is 1. The molecule has 1 unspecified atom stereocenters. The van der Waals surface area contributed by atoms with Crippen molar-refractivity contribution in [2.75, 3.05) is 42.3 Å². The first-order valence-electron chi connectivity index (χ1n) is 9.68. The van der Waals surface area contributed by atoms with E-state index < -0.39 is 46.4 Å². The highest BCUT2D eigenvalue weighted by Crippen LogP contribution is 2.30. The van der Waals surface area contributed by atoms with Crippen molar-refractivity contribution in [3.8, 4) is 0 Å². The Morgan fingerprint density at radius 2 is 1.88 bits per heavy atom. The monoisotopic (exact) mass is 484 g/mol. The molecule has 176 valence electrons. The summed E-state index contributed by atoms with van der Waals surface area (Å²) in [6.07, 6.45) is -4.60. The van der Waals surface area contributed by atoms with Gasteiger partial charge in [-0.1, -0.05) is 18.3 Å². The van der Waals surface area contributed by atoms with Crippen molar-refractivity contribution in [2.24, 2.45) is 0 Å². The Balaban J connectivity index is 1.81. The Hall–Kier alpha value is -3.41. The van der Waals surface area contributed by atoms with E-state index in [4.69, 9.17) is 4.74 Å². The van der Waals surface area contributed by atoms with Crippen molar-refractivity contribution in [3.63, 3.8) is 0 Å². The highest BCUT2D eigenvalue weighted by Gasteiger charge is 2.33. The van der Waals surface area contributed by atoms with Gasteiger partial charge in [-0.25, -0.2) is 22.4 Å². The molecular weight excluding hydrogens is 464 g/mol. The van der Waals surface area contributed by atoms with Crippen molar-refractivity contribution in [1.29, 1.82) is 0 Å². The Morgan fingerprint density at radius 3 is 2.48 bits per heavy atom. The number of cyclic esters (lactones) is 1. The summed E-state index contributed by atoms with van der Waals surface area (Å²) in [5, 5.41) is 4.77. The second-order valence-electron chi connectivity index (χ2n) is 7.34. The number of ether oxygens (including phenoxy) is 1. The summed E-state index contributed by atoms with van der Waals surface area (Å²) in [6.45, 7) is -0.309. The van der Waals surface area contributed by atoms with E-state index in [9.17, 15) is 27.2 Å². The minimum absolute atomic E-state index is 0.0454. The fraction of sp³-hybridized carbons (Fsp3) is 0.286. The molecule has 2 aromatic carbocycles. The first-order valence-corrected chi connectivity index (χ1v) is 10.1. The molecule has 0 aliphatic carbocycles. The number of carbonyl (C=O) groups is 1. The van der Waals surface area contributed by atoms with Crippen LogP contribution in [0.5, 0.6) is 0 Å². The maximum absolute atomic E-state index is 14.8. The van der Waals surface area contributed by atoms with Crippen LogP contribution >= 0.6 is 12.2 Å². The molecule has 1 amide bonds. The van der Waals surface area contributed by atoms with E-state index in [1.165, 1.54) is 18.2 Å². The van der Waals surface area contributed by atoms with Crippen molar-refractivity contribution < 1.29 is 27.1 Å². The number of amides is 1. The smallest absolute Gasteiger partial charge is 0.414 e. The lowest BCUT2D eigenvalue weighted by Gasteiger charge is -2.16. The van der Waals surface area contributed by atoms with Gasteiger partial charge >= 0.3 is 6.09 Å². The summed E-state index contributed by atoms with van der Waals surface area (Å²) in [7, 11) is 3.50. The van der Waals surface area contributed by atoms with Crippen LogP contribution < -0.4 is 25.9 Å². The van der Waals surface area contributed by atoms with Crippen LogP contribution in [-0.2, 0) is 4.74 Å². The highest BCUT2D eigenvalue weighted by molar-refractivity contribution is 7.80. The van der Waals surface area contributed by atoms with Crippen LogP contribution in [0, 0.1) is 11.6 Å². The second kappa shape index (κ2) is 10.0. The number of hydrogen-bond donors (Lipinski definition) is 2. The molecule has 0 radical (unpaired) electrons. The maximum Gasteiger partial charge on any atom is 0.414 e. The fourth-order valence-corrected chi connectivity index (χ4v) is 3.15. The minimum Gasteiger partial charge on any atom is -0.442 e. The Kier molecular flexibility index (Phi) is 7.36. The molecule has 1 saturated heterocycles. The van der Waals surface area contributed by atoms with E-state index in [1.807, 2.05) is 0 Å². The molecule has 1 atom stereocenters. The predicted molar refractivity (Wildman–Crippen MR) is 121 cm³/mol. The third-order valence-electron chi connectivity index (χ3n) is 4.76. The molecular formula is C21H20F4N4O3S. The quantitative estimate of drug-likeness (QED) is 0.459. The van der Waals surface area contributed by atoms with Gasteiger partial charge in [-0.2, -0.15) is 0 Å². The van der Waals surface area contributed by atoms with Gasteiger partial charge in [0.25, 0.3) is 6.43 Å². The van der Waals surface area contributed by atoms with E-state index in [-0.39, 0.29) is 24.5 Å². The molecule has 0 spiro atoms. The average molecular weight is 484 g/mol. The Bertz CT molecular complexity index is 1110. The van der Waals surface area contributed by atoms with Crippen molar-refractivity contribution in [3.05, 3.63) is 58.3 Å². The summed E-state index contributed by atoms with van der Waals surface area (Å²) < 4.78 is 59.6. The van der Waals surface area contributed by atoms with Crippen LogP contribution in [0.2, 0.25) is 0 Å². The molecule has 0 saturated carbocycles. The summed E-state index contributed by atoms with van der Waals surface area (Å²) in [4.78, 5) is 26.4. The van der Waals surface area contributed by atoms with Gasteiger partial charge in [-0.3, -0.25) is 9.69 Å². The number of rotatable bonds is 7. The van der Waals surface area contributed by atoms with Gasteiger partial charge in [0.15, 0.2) is 11.6 Å². The first-order chi connectivity index (χ1) is 15.6. The molecule has 12 heteroatoms. The van der Waals surface area contributed by atoms with Gasteiger partial charge in [0.1, 0.15) is 16.8 Å². The van der Waals surface area contributed by atoms with Crippen molar-refractivity contribution >= 4 is 46.0 Å². The average Bonchev–Trinajstić information content (AvgIpc) is 3.01. The number of carbonyl (C=O) groups excluding carboxylic acids is 1. The molecule has 1 aliphatic rings. The number of halogens is 4. The third kappa shape index (κ3) is 5.69. The van der Waals surface area contributed by atoms with Crippen molar-refractivity contribution in [2.45, 2.75) is 12.5 Å². The molecule has 0 aromatic heterocycles. The minimum atomic E-state index is -2.85. The fourth-order valence-electron chi connectivity index (χ4n) is 3.07. The maximum atomic E-state index is 14.8. The van der Waals surface area contributed by atoms with Gasteiger partial charge in [-0.05, 0) is 18.2 Å². The first kappa shape index (κ1) is 24.2. The number of nitrogens with one attached hydrogen (secondary N) is 2. The van der Waals surface area contributed by atoms with E-state index in [0.29, 0.717) is 5.69 Å². The molecule has 33 heavy (non-hydrogen) atoms. The normalized spacial score (nSPS) is 15.4. The molecule has 7 nitrogen and oxygen atoms in total. The lowest BCUT2D eigenvalue weighted by Crippen LogP contribution is -2.36. The van der Waals surface area contributed by atoms with Crippen LogP contribution in [0.15, 0.2) is 41.2 Å². The Morgan fingerprint density at radius 1 is 1.21 bits per heavy atom. The zero-order chi connectivity index (χ0) is 24.3. The van der Waals surface area contributed by atoms with Gasteiger partial charge < -0.3 is 20.3 Å². The molecule has 1 heterocycles. The summed E-state index contributed by atoms with van der Waals surface area (Å²) >= 11 is 4.46. The van der Waals surface area contributed by atoms with E-state index >= 15 is 0 Å². The van der Waals surface area contributed by atoms with Gasteiger partial charge in [0, 0.05) is 31.9 Å². The lowest BCUT2D eigenvalue weighted by molar-refractivity contribution is 0.142. The third-order valence-corrected chi connectivity index (χ3v) is 5.09. The molecule has 2 aromatic rings. The van der Waals surface area contributed by atoms with Gasteiger partial charge in [0.2, 0.25) is 5.43 Å². The summed E-state index contributed by atoms with van der Waals surface area (Å²) in [6, 6.07) is 7.72. The molecule has 1 aliphatic heterocycles.